The van der Waals surface area contributed by atoms with Crippen molar-refractivity contribution in [2.24, 2.45) is 0 Å². The second-order valence-electron chi connectivity index (χ2n) is 4.37. The minimum atomic E-state index is -2.06. The summed E-state index contributed by atoms with van der Waals surface area (Å²) in [6, 6.07) is 3.43. The van der Waals surface area contributed by atoms with E-state index in [2.05, 4.69) is 0 Å². The van der Waals surface area contributed by atoms with Gasteiger partial charge in [-0.25, -0.2) is 4.21 Å². The molecule has 16 heavy (non-hydrogen) atoms. The van der Waals surface area contributed by atoms with Crippen molar-refractivity contribution < 1.29 is 18.2 Å². The van der Waals surface area contributed by atoms with Gasteiger partial charge in [0.2, 0.25) is 0 Å². The van der Waals surface area contributed by atoms with Gasteiger partial charge in [-0.1, -0.05) is 6.07 Å². The van der Waals surface area contributed by atoms with Crippen LogP contribution in [0.4, 0.5) is 0 Å². The first-order valence-electron chi connectivity index (χ1n) is 4.94. The molecule has 88 valence electrons. The molecule has 0 bridgehead atoms. The van der Waals surface area contributed by atoms with Gasteiger partial charge in [0.05, 0.1) is 7.11 Å². The van der Waals surface area contributed by atoms with E-state index in [1.807, 2.05) is 19.9 Å². The predicted octanol–water partition coefficient (Wildman–Crippen LogP) is 1.99. The van der Waals surface area contributed by atoms with Crippen LogP contribution in [-0.2, 0) is 17.5 Å². The fraction of sp³-hybridized carbons (Fsp3) is 0.455. The van der Waals surface area contributed by atoms with Crippen molar-refractivity contribution >= 4 is 11.1 Å². The Balaban J connectivity index is 2.56. The first-order chi connectivity index (χ1) is 7.44. The average molecular weight is 242 g/mol. The lowest BCUT2D eigenvalue weighted by atomic mass is 10.0. The van der Waals surface area contributed by atoms with Gasteiger partial charge in [-0.3, -0.25) is 0 Å². The molecule has 0 amide bonds. The van der Waals surface area contributed by atoms with Gasteiger partial charge in [0.1, 0.15) is 10.5 Å². The zero-order valence-electron chi connectivity index (χ0n) is 9.44. The molecule has 0 aromatic heterocycles. The predicted molar refractivity (Wildman–Crippen MR) is 60.4 cm³/mol. The Morgan fingerprint density at radius 1 is 1.50 bits per heavy atom. The van der Waals surface area contributed by atoms with Crippen LogP contribution in [0.25, 0.3) is 0 Å². The van der Waals surface area contributed by atoms with Crippen LogP contribution >= 0.6 is 0 Å². The highest BCUT2D eigenvalue weighted by Gasteiger charge is 2.34. The minimum absolute atomic E-state index is 0.249. The maximum atomic E-state index is 11.1. The summed E-state index contributed by atoms with van der Waals surface area (Å²) in [6.45, 7) is 3.95. The molecule has 1 aliphatic rings. The lowest BCUT2D eigenvalue weighted by molar-refractivity contribution is 0.133. The van der Waals surface area contributed by atoms with E-state index in [1.54, 1.807) is 6.07 Å². The molecule has 0 spiro atoms. The maximum Gasteiger partial charge on any atom is 0.190 e. The van der Waals surface area contributed by atoms with Crippen molar-refractivity contribution in [3.05, 3.63) is 17.7 Å². The molecule has 1 heterocycles. The Morgan fingerprint density at radius 3 is 2.75 bits per heavy atom. The number of benzene rings is 1. The molecule has 0 radical (unpaired) electrons. The fourth-order valence-corrected chi connectivity index (χ4v) is 2.46. The van der Waals surface area contributed by atoms with Gasteiger partial charge in [-0.2, -0.15) is 0 Å². The lowest BCUT2D eigenvalue weighted by Crippen LogP contribution is -2.24. The first-order valence-corrected chi connectivity index (χ1v) is 6.05. The van der Waals surface area contributed by atoms with E-state index in [-0.39, 0.29) is 10.5 Å². The van der Waals surface area contributed by atoms with Crippen molar-refractivity contribution in [1.29, 1.82) is 0 Å². The standard InChI is InChI=1S/C11H14O4S/c1-11(2)6-7-4-5-8(16(12)13)10(14-3)9(7)15-11/h4-5H,6H2,1-3H3,(H,12,13). The van der Waals surface area contributed by atoms with Crippen molar-refractivity contribution in [3.63, 3.8) is 0 Å². The van der Waals surface area contributed by atoms with E-state index in [1.165, 1.54) is 7.11 Å². The number of rotatable bonds is 2. The van der Waals surface area contributed by atoms with Crippen molar-refractivity contribution in [2.45, 2.75) is 30.8 Å². The van der Waals surface area contributed by atoms with Crippen LogP contribution in [0.2, 0.25) is 0 Å². The second-order valence-corrected chi connectivity index (χ2v) is 5.31. The summed E-state index contributed by atoms with van der Waals surface area (Å²) in [4.78, 5) is 0.249. The van der Waals surface area contributed by atoms with Gasteiger partial charge in [0.25, 0.3) is 0 Å². The third-order valence-electron chi connectivity index (χ3n) is 2.54. The van der Waals surface area contributed by atoms with Crippen LogP contribution in [0, 0.1) is 0 Å². The van der Waals surface area contributed by atoms with Crippen molar-refractivity contribution in [3.8, 4) is 11.5 Å². The van der Waals surface area contributed by atoms with E-state index in [4.69, 9.17) is 14.0 Å². The second kappa shape index (κ2) is 3.75. The molecule has 1 aromatic rings. The monoisotopic (exact) mass is 242 g/mol. The summed E-state index contributed by atoms with van der Waals surface area (Å²) in [5.41, 5.74) is 0.724. The Labute approximate surface area is 96.9 Å². The molecule has 0 saturated carbocycles. The quantitative estimate of drug-likeness (QED) is 0.806. The largest absolute Gasteiger partial charge is 0.492 e. The fourth-order valence-electron chi connectivity index (χ4n) is 1.94. The van der Waals surface area contributed by atoms with Gasteiger partial charge >= 0.3 is 0 Å². The highest BCUT2D eigenvalue weighted by molar-refractivity contribution is 7.79. The molecule has 1 unspecified atom stereocenters. The van der Waals surface area contributed by atoms with E-state index >= 15 is 0 Å². The third-order valence-corrected chi connectivity index (χ3v) is 3.24. The summed E-state index contributed by atoms with van der Waals surface area (Å²) in [7, 11) is 1.47. The number of hydrogen-bond donors (Lipinski definition) is 1. The van der Waals surface area contributed by atoms with Gasteiger partial charge in [0, 0.05) is 12.0 Å². The lowest BCUT2D eigenvalue weighted by Gasteiger charge is -2.18. The number of hydrogen-bond acceptors (Lipinski definition) is 3. The molecule has 5 heteroatoms. The smallest absolute Gasteiger partial charge is 0.190 e. The molecule has 0 saturated heterocycles. The molecule has 0 fully saturated rings. The average Bonchev–Trinajstić information content (AvgIpc) is 2.49. The van der Waals surface area contributed by atoms with Crippen LogP contribution in [0.15, 0.2) is 17.0 Å². The van der Waals surface area contributed by atoms with Crippen LogP contribution in [0.5, 0.6) is 11.5 Å². The van der Waals surface area contributed by atoms with Crippen LogP contribution < -0.4 is 9.47 Å². The zero-order chi connectivity index (χ0) is 11.9. The number of ether oxygens (including phenoxy) is 2. The SMILES string of the molecule is COc1c(S(=O)O)ccc2c1OC(C)(C)C2. The topological polar surface area (TPSA) is 55.8 Å². The van der Waals surface area contributed by atoms with E-state index < -0.39 is 11.1 Å². The van der Waals surface area contributed by atoms with Crippen LogP contribution in [0.1, 0.15) is 19.4 Å². The van der Waals surface area contributed by atoms with Crippen molar-refractivity contribution in [1.82, 2.24) is 0 Å². The molecule has 1 aliphatic heterocycles. The van der Waals surface area contributed by atoms with Crippen LogP contribution in [0.3, 0.4) is 0 Å². The normalized spacial score (nSPS) is 18.8. The number of fused-ring (bicyclic) bond motifs is 1. The minimum Gasteiger partial charge on any atom is -0.492 e. The van der Waals surface area contributed by atoms with Gasteiger partial charge < -0.3 is 14.0 Å². The highest BCUT2D eigenvalue weighted by Crippen LogP contribution is 2.44. The maximum absolute atomic E-state index is 11.1. The summed E-state index contributed by atoms with van der Waals surface area (Å²) in [6.07, 6.45) is 0.775. The van der Waals surface area contributed by atoms with E-state index in [0.717, 1.165) is 12.0 Å². The third kappa shape index (κ3) is 1.81. The molecule has 1 aromatic carbocycles. The number of methoxy groups -OCH3 is 1. The van der Waals surface area contributed by atoms with Gasteiger partial charge in [0.15, 0.2) is 22.6 Å². The molecular formula is C11H14O4S. The van der Waals surface area contributed by atoms with Gasteiger partial charge in [-0.05, 0) is 19.9 Å². The van der Waals surface area contributed by atoms with Crippen molar-refractivity contribution in [2.75, 3.05) is 7.11 Å². The summed E-state index contributed by atoms with van der Waals surface area (Å²) in [5.74, 6) is 0.955. The zero-order valence-corrected chi connectivity index (χ0v) is 10.3. The van der Waals surface area contributed by atoms with Gasteiger partial charge in [-0.15, -0.1) is 0 Å². The van der Waals surface area contributed by atoms with Crippen LogP contribution in [-0.4, -0.2) is 21.5 Å². The first kappa shape index (κ1) is 11.4. The molecule has 4 nitrogen and oxygen atoms in total. The Bertz CT molecular complexity index is 454. The summed E-state index contributed by atoms with van der Waals surface area (Å²) < 4.78 is 31.2. The van der Waals surface area contributed by atoms with E-state index in [0.29, 0.717) is 11.5 Å². The highest BCUT2D eigenvalue weighted by atomic mass is 32.2. The summed E-state index contributed by atoms with van der Waals surface area (Å²) in [5, 5.41) is 0. The molecular weight excluding hydrogens is 228 g/mol. The summed E-state index contributed by atoms with van der Waals surface area (Å²) >= 11 is -2.06. The molecule has 1 N–H and O–H groups in total. The molecule has 2 rings (SSSR count). The van der Waals surface area contributed by atoms with E-state index in [9.17, 15) is 4.21 Å². The Morgan fingerprint density at radius 2 is 2.19 bits per heavy atom. The Kier molecular flexibility index (Phi) is 2.67. The Hall–Kier alpha value is -1.07. The molecule has 0 aliphatic carbocycles. The molecule has 1 atom stereocenters.